The van der Waals surface area contributed by atoms with Crippen molar-refractivity contribution in [3.63, 3.8) is 0 Å². The normalized spacial score (nSPS) is 22.1. The SMILES string of the molecule is CN1CCN(C)C1=CC1=[N+](C)CCN1C. The van der Waals surface area contributed by atoms with Crippen LogP contribution < -0.4 is 0 Å². The van der Waals surface area contributed by atoms with Gasteiger partial charge in [0.25, 0.3) is 5.84 Å². The predicted molar refractivity (Wildman–Crippen MR) is 62.0 cm³/mol. The van der Waals surface area contributed by atoms with Crippen LogP contribution in [-0.2, 0) is 0 Å². The van der Waals surface area contributed by atoms with Crippen molar-refractivity contribution in [1.82, 2.24) is 14.7 Å². The van der Waals surface area contributed by atoms with Gasteiger partial charge in [-0.3, -0.25) is 9.48 Å². The topological polar surface area (TPSA) is 12.7 Å². The van der Waals surface area contributed by atoms with Crippen LogP contribution in [0.15, 0.2) is 11.9 Å². The van der Waals surface area contributed by atoms with E-state index < -0.39 is 0 Å². The first-order valence-corrected chi connectivity index (χ1v) is 5.53. The van der Waals surface area contributed by atoms with Gasteiger partial charge >= 0.3 is 0 Å². The van der Waals surface area contributed by atoms with Crippen LogP contribution in [-0.4, -0.2) is 79.5 Å². The number of hydrogen-bond acceptors (Lipinski definition) is 3. The number of amidine groups is 1. The fourth-order valence-electron chi connectivity index (χ4n) is 2.20. The minimum atomic E-state index is 1.13. The summed E-state index contributed by atoms with van der Waals surface area (Å²) in [5.74, 6) is 2.65. The van der Waals surface area contributed by atoms with E-state index in [9.17, 15) is 0 Å². The van der Waals surface area contributed by atoms with Crippen LogP contribution in [0.25, 0.3) is 0 Å². The first-order valence-electron chi connectivity index (χ1n) is 5.53. The molecule has 2 rings (SSSR count). The second-order valence-corrected chi connectivity index (χ2v) is 4.55. The van der Waals surface area contributed by atoms with Crippen LogP contribution in [0.1, 0.15) is 0 Å². The molecule has 2 aliphatic rings. The van der Waals surface area contributed by atoms with E-state index in [1.807, 2.05) is 0 Å². The highest BCUT2D eigenvalue weighted by Crippen LogP contribution is 2.14. The Morgan fingerprint density at radius 1 is 1.00 bits per heavy atom. The van der Waals surface area contributed by atoms with Crippen LogP contribution in [0, 0.1) is 0 Å². The lowest BCUT2D eigenvalue weighted by Gasteiger charge is -2.17. The average molecular weight is 209 g/mol. The molecular weight excluding hydrogens is 188 g/mol. The van der Waals surface area contributed by atoms with Crippen LogP contribution in [0.3, 0.4) is 0 Å². The molecule has 0 aromatic heterocycles. The summed E-state index contributed by atoms with van der Waals surface area (Å²) in [6.07, 6.45) is 2.29. The molecule has 0 N–H and O–H groups in total. The lowest BCUT2D eigenvalue weighted by Crippen LogP contribution is -2.26. The van der Waals surface area contributed by atoms with Gasteiger partial charge in [0.2, 0.25) is 0 Å². The third-order valence-electron chi connectivity index (χ3n) is 3.36. The Hall–Kier alpha value is -1.19. The molecule has 0 unspecified atom stereocenters. The number of hydrogen-bond donors (Lipinski definition) is 0. The van der Waals surface area contributed by atoms with Gasteiger partial charge in [-0.05, 0) is 0 Å². The summed E-state index contributed by atoms with van der Waals surface area (Å²) in [5, 5.41) is 0. The zero-order valence-corrected chi connectivity index (χ0v) is 10.2. The van der Waals surface area contributed by atoms with Gasteiger partial charge in [0.1, 0.15) is 18.9 Å². The summed E-state index contributed by atoms with van der Waals surface area (Å²) in [5.41, 5.74) is 0. The summed E-state index contributed by atoms with van der Waals surface area (Å²) in [4.78, 5) is 6.94. The first kappa shape index (κ1) is 10.3. The molecule has 84 valence electrons. The fourth-order valence-corrected chi connectivity index (χ4v) is 2.20. The first-order chi connectivity index (χ1) is 7.09. The maximum absolute atomic E-state index is 2.31. The largest absolute Gasteiger partial charge is 0.359 e. The van der Waals surface area contributed by atoms with Crippen LogP contribution in [0.5, 0.6) is 0 Å². The third-order valence-corrected chi connectivity index (χ3v) is 3.36. The van der Waals surface area contributed by atoms with Crippen molar-refractivity contribution in [3.8, 4) is 0 Å². The molecule has 1 fully saturated rings. The van der Waals surface area contributed by atoms with Crippen LogP contribution >= 0.6 is 0 Å². The molecule has 0 aliphatic carbocycles. The molecule has 4 nitrogen and oxygen atoms in total. The lowest BCUT2D eigenvalue weighted by atomic mass is 10.4. The van der Waals surface area contributed by atoms with E-state index in [-0.39, 0.29) is 0 Å². The van der Waals surface area contributed by atoms with Gasteiger partial charge in [-0.15, -0.1) is 0 Å². The molecule has 4 heteroatoms. The Labute approximate surface area is 92.1 Å². The molecule has 0 atom stereocenters. The molecule has 1 saturated heterocycles. The summed E-state index contributed by atoms with van der Waals surface area (Å²) >= 11 is 0. The molecule has 2 heterocycles. The van der Waals surface area contributed by atoms with E-state index in [4.69, 9.17) is 0 Å². The number of rotatable bonds is 1. The monoisotopic (exact) mass is 209 g/mol. The Morgan fingerprint density at radius 2 is 1.60 bits per heavy atom. The van der Waals surface area contributed by atoms with Gasteiger partial charge in [-0.2, -0.15) is 0 Å². The summed E-state index contributed by atoms with van der Waals surface area (Å²) in [6.45, 7) is 4.51. The van der Waals surface area contributed by atoms with E-state index in [0.29, 0.717) is 0 Å². The van der Waals surface area contributed by atoms with Crippen molar-refractivity contribution in [2.75, 3.05) is 54.4 Å². The molecular formula is C11H21N4+. The second-order valence-electron chi connectivity index (χ2n) is 4.55. The molecule has 2 aliphatic heterocycles. The molecule has 0 saturated carbocycles. The highest BCUT2D eigenvalue weighted by atomic mass is 15.4. The third kappa shape index (κ3) is 1.80. The Morgan fingerprint density at radius 3 is 2.07 bits per heavy atom. The molecule has 0 spiro atoms. The summed E-state index contributed by atoms with van der Waals surface area (Å²) in [7, 11) is 8.63. The fraction of sp³-hybridized carbons (Fsp3) is 0.727. The van der Waals surface area contributed by atoms with Gasteiger partial charge in [-0.1, -0.05) is 0 Å². The minimum absolute atomic E-state index is 1.13. The zero-order chi connectivity index (χ0) is 11.0. The van der Waals surface area contributed by atoms with E-state index in [2.05, 4.69) is 53.5 Å². The molecule has 15 heavy (non-hydrogen) atoms. The summed E-state index contributed by atoms with van der Waals surface area (Å²) < 4.78 is 2.31. The van der Waals surface area contributed by atoms with Gasteiger partial charge in [0.15, 0.2) is 0 Å². The van der Waals surface area contributed by atoms with E-state index in [1.54, 1.807) is 0 Å². The van der Waals surface area contributed by atoms with Crippen molar-refractivity contribution in [2.24, 2.45) is 0 Å². The Balaban J connectivity index is 2.25. The number of nitrogens with zero attached hydrogens (tertiary/aromatic N) is 4. The van der Waals surface area contributed by atoms with Gasteiger partial charge in [0, 0.05) is 27.2 Å². The lowest BCUT2D eigenvalue weighted by molar-refractivity contribution is -0.485. The van der Waals surface area contributed by atoms with Crippen LogP contribution in [0.2, 0.25) is 0 Å². The molecule has 0 aromatic carbocycles. The standard InChI is InChI=1S/C11H21N4/c1-12-5-6-13(2)10(12)9-11-14(3)7-8-15(11)4/h9H,5-8H2,1-4H3/q+1. The van der Waals surface area contributed by atoms with Gasteiger partial charge < -0.3 is 9.80 Å². The smallest absolute Gasteiger partial charge is 0.275 e. The van der Waals surface area contributed by atoms with Crippen molar-refractivity contribution in [2.45, 2.75) is 0 Å². The number of likely N-dealkylation sites (N-methyl/N-ethyl adjacent to an activating group) is 4. The predicted octanol–water partition coefficient (Wildman–Crippen LogP) is -0.309. The van der Waals surface area contributed by atoms with Crippen LogP contribution in [0.4, 0.5) is 0 Å². The zero-order valence-electron chi connectivity index (χ0n) is 10.2. The summed E-state index contributed by atoms with van der Waals surface area (Å²) in [6, 6.07) is 0. The van der Waals surface area contributed by atoms with E-state index in [0.717, 1.165) is 26.2 Å². The van der Waals surface area contributed by atoms with Crippen molar-refractivity contribution in [3.05, 3.63) is 11.9 Å². The second kappa shape index (κ2) is 3.76. The Bertz CT molecular complexity index is 307. The van der Waals surface area contributed by atoms with E-state index >= 15 is 0 Å². The highest BCUT2D eigenvalue weighted by Gasteiger charge is 2.26. The minimum Gasteiger partial charge on any atom is -0.359 e. The molecule has 0 aromatic rings. The van der Waals surface area contributed by atoms with Crippen molar-refractivity contribution in [1.29, 1.82) is 0 Å². The molecule has 0 radical (unpaired) electrons. The molecule has 0 amide bonds. The quantitative estimate of drug-likeness (QED) is 0.550. The van der Waals surface area contributed by atoms with Gasteiger partial charge in [0.05, 0.1) is 20.2 Å². The Kier molecular flexibility index (Phi) is 2.59. The van der Waals surface area contributed by atoms with Gasteiger partial charge in [-0.25, -0.2) is 0 Å². The molecule has 0 bridgehead atoms. The maximum atomic E-state index is 2.31. The maximum Gasteiger partial charge on any atom is 0.275 e. The van der Waals surface area contributed by atoms with E-state index in [1.165, 1.54) is 11.7 Å². The van der Waals surface area contributed by atoms with Crippen molar-refractivity contribution >= 4 is 5.84 Å². The van der Waals surface area contributed by atoms with Crippen molar-refractivity contribution < 1.29 is 4.58 Å². The highest BCUT2D eigenvalue weighted by molar-refractivity contribution is 5.89. The average Bonchev–Trinajstić information content (AvgIpc) is 2.67.